The summed E-state index contributed by atoms with van der Waals surface area (Å²) >= 11 is 0. The Morgan fingerprint density at radius 1 is 1.22 bits per heavy atom. The number of aryl methyl sites for hydroxylation is 1. The molecule has 0 saturated heterocycles. The van der Waals surface area contributed by atoms with E-state index in [0.29, 0.717) is 22.8 Å². The molecule has 0 spiro atoms. The van der Waals surface area contributed by atoms with Gasteiger partial charge in [-0.3, -0.25) is 0 Å². The van der Waals surface area contributed by atoms with Crippen LogP contribution in [-0.2, 0) is 4.74 Å². The van der Waals surface area contributed by atoms with Gasteiger partial charge in [-0.2, -0.15) is 4.98 Å². The highest BCUT2D eigenvalue weighted by Gasteiger charge is 2.21. The Morgan fingerprint density at radius 3 is 2.52 bits per heavy atom. The summed E-state index contributed by atoms with van der Waals surface area (Å²) < 4.78 is 15.5. The summed E-state index contributed by atoms with van der Waals surface area (Å²) in [6.07, 6.45) is 0. The second-order valence-electron chi connectivity index (χ2n) is 4.68. The number of carbonyl (C=O) groups is 1. The molecule has 7 nitrogen and oxygen atoms in total. The zero-order chi connectivity index (χ0) is 17.0. The lowest BCUT2D eigenvalue weighted by atomic mass is 10.0. The van der Waals surface area contributed by atoms with Crippen LogP contribution in [0.25, 0.3) is 11.3 Å². The molecule has 0 bridgehead atoms. The number of ether oxygens (including phenoxy) is 3. The second-order valence-corrected chi connectivity index (χ2v) is 4.68. The van der Waals surface area contributed by atoms with Crippen LogP contribution in [0.5, 0.6) is 11.5 Å². The van der Waals surface area contributed by atoms with Gasteiger partial charge >= 0.3 is 11.7 Å². The fourth-order valence-electron chi connectivity index (χ4n) is 2.23. The number of aromatic amines is 1. The van der Waals surface area contributed by atoms with Crippen LogP contribution >= 0.6 is 0 Å². The van der Waals surface area contributed by atoms with Gasteiger partial charge < -0.3 is 19.2 Å². The SMILES string of the molecule is CCOC(=O)c1c(-c2ccc(OC)c(OC)c2)nc(=O)[nH]c1C. The Labute approximate surface area is 133 Å². The lowest BCUT2D eigenvalue weighted by Crippen LogP contribution is -2.19. The van der Waals surface area contributed by atoms with Crippen LogP contribution in [-0.4, -0.2) is 36.8 Å². The molecule has 2 aromatic rings. The highest BCUT2D eigenvalue weighted by molar-refractivity contribution is 5.97. The fraction of sp³-hybridized carbons (Fsp3) is 0.312. The number of esters is 1. The smallest absolute Gasteiger partial charge is 0.345 e. The van der Waals surface area contributed by atoms with Gasteiger partial charge in [-0.05, 0) is 32.0 Å². The average molecular weight is 318 g/mol. The van der Waals surface area contributed by atoms with Gasteiger partial charge in [0.25, 0.3) is 0 Å². The molecular weight excluding hydrogens is 300 g/mol. The molecule has 0 saturated carbocycles. The molecule has 1 heterocycles. The van der Waals surface area contributed by atoms with Crippen LogP contribution in [0.3, 0.4) is 0 Å². The fourth-order valence-corrected chi connectivity index (χ4v) is 2.23. The van der Waals surface area contributed by atoms with E-state index in [0.717, 1.165) is 0 Å². The van der Waals surface area contributed by atoms with Crippen molar-refractivity contribution in [2.24, 2.45) is 0 Å². The number of nitrogens with one attached hydrogen (secondary N) is 1. The van der Waals surface area contributed by atoms with E-state index >= 15 is 0 Å². The summed E-state index contributed by atoms with van der Waals surface area (Å²) in [5.41, 5.74) is 0.873. The van der Waals surface area contributed by atoms with Gasteiger partial charge in [0.1, 0.15) is 5.56 Å². The Bertz CT molecular complexity index is 783. The van der Waals surface area contributed by atoms with E-state index in [2.05, 4.69) is 9.97 Å². The summed E-state index contributed by atoms with van der Waals surface area (Å²) in [6.45, 7) is 3.56. The Hall–Kier alpha value is -2.83. The highest BCUT2D eigenvalue weighted by Crippen LogP contribution is 2.33. The molecule has 1 N–H and O–H groups in total. The van der Waals surface area contributed by atoms with Gasteiger partial charge in [0.05, 0.1) is 26.5 Å². The van der Waals surface area contributed by atoms with Crippen molar-refractivity contribution in [3.05, 3.63) is 39.9 Å². The van der Waals surface area contributed by atoms with Crippen molar-refractivity contribution >= 4 is 5.97 Å². The standard InChI is InChI=1S/C16H18N2O5/c1-5-23-15(19)13-9(2)17-16(20)18-14(13)10-6-7-11(21-3)12(8-10)22-4/h6-8H,5H2,1-4H3,(H,17,18,20). The number of H-pyrrole nitrogens is 1. The maximum absolute atomic E-state index is 12.2. The van der Waals surface area contributed by atoms with Gasteiger partial charge in [0.2, 0.25) is 0 Å². The summed E-state index contributed by atoms with van der Waals surface area (Å²) in [5, 5.41) is 0. The Balaban J connectivity index is 2.67. The molecule has 7 heteroatoms. The topological polar surface area (TPSA) is 90.5 Å². The van der Waals surface area contributed by atoms with Crippen LogP contribution in [0.15, 0.2) is 23.0 Å². The Morgan fingerprint density at radius 2 is 1.91 bits per heavy atom. The van der Waals surface area contributed by atoms with Gasteiger partial charge in [0.15, 0.2) is 11.5 Å². The third-order valence-corrected chi connectivity index (χ3v) is 3.26. The second kappa shape index (κ2) is 6.95. The highest BCUT2D eigenvalue weighted by atomic mass is 16.5. The van der Waals surface area contributed by atoms with E-state index in [-0.39, 0.29) is 17.9 Å². The lowest BCUT2D eigenvalue weighted by molar-refractivity contribution is 0.0525. The van der Waals surface area contributed by atoms with Gasteiger partial charge in [-0.25, -0.2) is 9.59 Å². The van der Waals surface area contributed by atoms with Crippen molar-refractivity contribution in [3.8, 4) is 22.8 Å². The molecule has 0 atom stereocenters. The summed E-state index contributed by atoms with van der Waals surface area (Å²) in [5.74, 6) is 0.466. The molecule has 1 aromatic heterocycles. The molecule has 0 amide bonds. The van der Waals surface area contributed by atoms with Crippen molar-refractivity contribution in [1.29, 1.82) is 0 Å². The van der Waals surface area contributed by atoms with E-state index in [4.69, 9.17) is 14.2 Å². The summed E-state index contributed by atoms with van der Waals surface area (Å²) in [7, 11) is 3.03. The molecule has 0 radical (unpaired) electrons. The normalized spacial score (nSPS) is 10.3. The number of hydrogen-bond donors (Lipinski definition) is 1. The van der Waals surface area contributed by atoms with Crippen molar-refractivity contribution in [1.82, 2.24) is 9.97 Å². The lowest BCUT2D eigenvalue weighted by Gasteiger charge is -2.12. The zero-order valence-corrected chi connectivity index (χ0v) is 13.4. The summed E-state index contributed by atoms with van der Waals surface area (Å²) in [6, 6.07) is 5.04. The maximum atomic E-state index is 12.2. The molecule has 0 unspecified atom stereocenters. The summed E-state index contributed by atoms with van der Waals surface area (Å²) in [4.78, 5) is 30.4. The molecule has 0 aliphatic heterocycles. The van der Waals surface area contributed by atoms with Gasteiger partial charge in [-0.15, -0.1) is 0 Å². The third-order valence-electron chi connectivity index (χ3n) is 3.26. The monoisotopic (exact) mass is 318 g/mol. The number of benzene rings is 1. The van der Waals surface area contributed by atoms with E-state index in [1.807, 2.05) is 0 Å². The van der Waals surface area contributed by atoms with Crippen molar-refractivity contribution in [2.45, 2.75) is 13.8 Å². The number of aromatic nitrogens is 2. The molecular formula is C16H18N2O5. The first-order valence-electron chi connectivity index (χ1n) is 7.02. The van der Waals surface area contributed by atoms with Gasteiger partial charge in [0, 0.05) is 11.3 Å². The first-order chi connectivity index (χ1) is 11.0. The predicted molar refractivity (Wildman–Crippen MR) is 84.1 cm³/mol. The predicted octanol–water partition coefficient (Wildman–Crippen LogP) is 1.94. The minimum Gasteiger partial charge on any atom is -0.493 e. The Kier molecular flexibility index (Phi) is 5.00. The maximum Gasteiger partial charge on any atom is 0.345 e. The molecule has 23 heavy (non-hydrogen) atoms. The van der Waals surface area contributed by atoms with E-state index in [1.165, 1.54) is 14.2 Å². The van der Waals surface area contributed by atoms with E-state index in [1.54, 1.807) is 32.0 Å². The number of nitrogens with zero attached hydrogens (tertiary/aromatic N) is 1. The van der Waals surface area contributed by atoms with Crippen molar-refractivity contribution in [2.75, 3.05) is 20.8 Å². The van der Waals surface area contributed by atoms with Crippen LogP contribution < -0.4 is 15.2 Å². The molecule has 0 fully saturated rings. The van der Waals surface area contributed by atoms with Crippen LogP contribution in [0.1, 0.15) is 23.0 Å². The molecule has 1 aromatic carbocycles. The largest absolute Gasteiger partial charge is 0.493 e. The number of rotatable bonds is 5. The third kappa shape index (κ3) is 3.33. The van der Waals surface area contributed by atoms with Gasteiger partial charge in [-0.1, -0.05) is 0 Å². The quantitative estimate of drug-likeness (QED) is 0.847. The first-order valence-corrected chi connectivity index (χ1v) is 7.02. The minimum absolute atomic E-state index is 0.221. The van der Waals surface area contributed by atoms with E-state index < -0.39 is 11.7 Å². The molecule has 122 valence electrons. The first kappa shape index (κ1) is 16.5. The van der Waals surface area contributed by atoms with Crippen molar-refractivity contribution in [3.63, 3.8) is 0 Å². The zero-order valence-electron chi connectivity index (χ0n) is 13.4. The average Bonchev–Trinajstić information content (AvgIpc) is 2.53. The molecule has 2 rings (SSSR count). The van der Waals surface area contributed by atoms with E-state index in [9.17, 15) is 9.59 Å². The number of methoxy groups -OCH3 is 2. The van der Waals surface area contributed by atoms with Crippen LogP contribution in [0, 0.1) is 6.92 Å². The minimum atomic E-state index is -0.543. The molecule has 0 aliphatic carbocycles. The number of hydrogen-bond acceptors (Lipinski definition) is 6. The molecule has 0 aliphatic rings. The van der Waals surface area contributed by atoms with Crippen LogP contribution in [0.2, 0.25) is 0 Å². The van der Waals surface area contributed by atoms with Crippen molar-refractivity contribution < 1.29 is 19.0 Å². The number of carbonyl (C=O) groups excluding carboxylic acids is 1. The van der Waals surface area contributed by atoms with Crippen LogP contribution in [0.4, 0.5) is 0 Å².